The maximum absolute atomic E-state index is 7.43. The molecule has 0 aliphatic rings. The van der Waals surface area contributed by atoms with Crippen molar-refractivity contribution in [3.8, 4) is 33.5 Å². The average molecular weight is 613 g/mol. The van der Waals surface area contributed by atoms with E-state index in [1.54, 1.807) is 0 Å². The molecule has 48 heavy (non-hydrogen) atoms. The van der Waals surface area contributed by atoms with Gasteiger partial charge in [-0.1, -0.05) is 140 Å². The summed E-state index contributed by atoms with van der Waals surface area (Å²) in [7, 11) is 0. The average Bonchev–Trinajstić information content (AvgIpc) is 3.71. The normalized spacial score (nSPS) is 11.7. The molecule has 0 radical (unpaired) electrons. The fraction of sp³-hybridized carbons (Fsp3) is 0. The van der Waals surface area contributed by atoms with Gasteiger partial charge >= 0.3 is 5.84 Å². The van der Waals surface area contributed by atoms with Crippen LogP contribution in [-0.2, 0) is 0 Å². The zero-order valence-corrected chi connectivity index (χ0v) is 25.6. The SMILES string of the molecule is [C-]#[N+]c1ccc(-c2c3ccccc3c(-c3cccc4c3oc3nc5c6ccccc6c(-c6ccccc6)nc5n34)c3ccccc23)cc1. The summed E-state index contributed by atoms with van der Waals surface area (Å²) < 4.78 is 8.80. The third-order valence-corrected chi connectivity index (χ3v) is 9.44. The third kappa shape index (κ3) is 3.72. The van der Waals surface area contributed by atoms with Crippen molar-refractivity contribution in [1.29, 1.82) is 0 Å². The molecule has 3 aromatic heterocycles. The van der Waals surface area contributed by atoms with Gasteiger partial charge in [-0.3, -0.25) is 0 Å². The molecule has 0 unspecified atom stereocenters. The minimum atomic E-state index is 0.514. The van der Waals surface area contributed by atoms with E-state index in [-0.39, 0.29) is 0 Å². The Hall–Kier alpha value is -6.77. The maximum Gasteiger partial charge on any atom is 0.309 e. The first-order valence-corrected chi connectivity index (χ1v) is 15.9. The molecule has 222 valence electrons. The largest absolute Gasteiger partial charge is 0.422 e. The fourth-order valence-corrected chi connectivity index (χ4v) is 7.37. The van der Waals surface area contributed by atoms with Gasteiger partial charge in [-0.2, -0.15) is 4.98 Å². The second kappa shape index (κ2) is 10.1. The Morgan fingerprint density at radius 1 is 0.521 bits per heavy atom. The molecule has 10 aromatic rings. The molecule has 7 aromatic carbocycles. The summed E-state index contributed by atoms with van der Waals surface area (Å²) in [5, 5.41) is 6.64. The Labute approximate surface area is 274 Å². The summed E-state index contributed by atoms with van der Waals surface area (Å²) >= 11 is 0. The highest BCUT2D eigenvalue weighted by molar-refractivity contribution is 6.23. The number of imidazole rings is 1. The van der Waals surface area contributed by atoms with Crippen LogP contribution in [0.5, 0.6) is 0 Å². The first kappa shape index (κ1) is 26.4. The fourth-order valence-electron chi connectivity index (χ4n) is 7.37. The van der Waals surface area contributed by atoms with Crippen molar-refractivity contribution in [2.24, 2.45) is 0 Å². The lowest BCUT2D eigenvalue weighted by Gasteiger charge is -2.17. The predicted molar refractivity (Wildman–Crippen MR) is 195 cm³/mol. The first-order chi connectivity index (χ1) is 23.8. The first-order valence-electron chi connectivity index (χ1n) is 15.9. The number of hydrogen-bond donors (Lipinski definition) is 0. The van der Waals surface area contributed by atoms with Crippen LogP contribution in [0.3, 0.4) is 0 Å². The van der Waals surface area contributed by atoms with Gasteiger partial charge in [-0.05, 0) is 38.7 Å². The monoisotopic (exact) mass is 612 g/mol. The van der Waals surface area contributed by atoms with E-state index in [0.29, 0.717) is 11.5 Å². The van der Waals surface area contributed by atoms with Crippen molar-refractivity contribution in [3.05, 3.63) is 157 Å². The van der Waals surface area contributed by atoms with Gasteiger partial charge in [0.1, 0.15) is 5.52 Å². The Balaban J connectivity index is 1.29. The number of oxazole rings is 1. The quantitative estimate of drug-likeness (QED) is 0.147. The number of para-hydroxylation sites is 1. The van der Waals surface area contributed by atoms with Gasteiger partial charge in [-0.15, -0.1) is 0 Å². The van der Waals surface area contributed by atoms with Crippen molar-refractivity contribution in [2.75, 3.05) is 0 Å². The minimum absolute atomic E-state index is 0.514. The van der Waals surface area contributed by atoms with Crippen LogP contribution in [0, 0.1) is 6.57 Å². The molecule has 5 nitrogen and oxygen atoms in total. The Morgan fingerprint density at radius 2 is 1.12 bits per heavy atom. The van der Waals surface area contributed by atoms with E-state index in [9.17, 15) is 0 Å². The lowest BCUT2D eigenvalue weighted by molar-refractivity contribution is 0.644. The van der Waals surface area contributed by atoms with Crippen LogP contribution in [-0.4, -0.2) is 14.4 Å². The van der Waals surface area contributed by atoms with Crippen LogP contribution in [0.2, 0.25) is 0 Å². The molecule has 0 aliphatic carbocycles. The Kier molecular flexibility index (Phi) is 5.57. The Morgan fingerprint density at radius 3 is 1.79 bits per heavy atom. The smallest absolute Gasteiger partial charge is 0.309 e. The van der Waals surface area contributed by atoms with Crippen LogP contribution >= 0.6 is 0 Å². The molecule has 3 heterocycles. The molecule has 0 saturated heterocycles. The summed E-state index contributed by atoms with van der Waals surface area (Å²) in [6.45, 7) is 7.43. The second-order valence-corrected chi connectivity index (χ2v) is 12.0. The lowest BCUT2D eigenvalue weighted by atomic mass is 9.86. The third-order valence-electron chi connectivity index (χ3n) is 9.44. The predicted octanol–water partition coefficient (Wildman–Crippen LogP) is 11.6. The summed E-state index contributed by atoms with van der Waals surface area (Å²) in [5.74, 6) is 0.514. The zero-order valence-electron chi connectivity index (χ0n) is 25.6. The number of aromatic nitrogens is 3. The van der Waals surface area contributed by atoms with Crippen molar-refractivity contribution in [2.45, 2.75) is 0 Å². The molecule has 0 spiro atoms. The van der Waals surface area contributed by atoms with Gasteiger partial charge < -0.3 is 4.42 Å². The topological polar surface area (TPSA) is 47.7 Å². The summed E-state index contributed by atoms with van der Waals surface area (Å²) in [6.07, 6.45) is 0. The van der Waals surface area contributed by atoms with Crippen LogP contribution in [0.1, 0.15) is 0 Å². The van der Waals surface area contributed by atoms with E-state index < -0.39 is 0 Å². The van der Waals surface area contributed by atoms with Crippen molar-refractivity contribution in [3.63, 3.8) is 0 Å². The minimum Gasteiger partial charge on any atom is -0.422 e. The number of hydrogen-bond acceptors (Lipinski definition) is 3. The molecule has 10 rings (SSSR count). The molecular weight excluding hydrogens is 589 g/mol. The molecular formula is C43H24N4O. The molecule has 0 aliphatic heterocycles. The van der Waals surface area contributed by atoms with E-state index in [0.717, 1.165) is 88.1 Å². The van der Waals surface area contributed by atoms with Gasteiger partial charge in [0.2, 0.25) is 0 Å². The van der Waals surface area contributed by atoms with E-state index >= 15 is 0 Å². The highest BCUT2D eigenvalue weighted by atomic mass is 16.4. The van der Waals surface area contributed by atoms with Crippen LogP contribution < -0.4 is 0 Å². The highest BCUT2D eigenvalue weighted by Gasteiger charge is 2.23. The van der Waals surface area contributed by atoms with Gasteiger partial charge in [0, 0.05) is 27.5 Å². The lowest BCUT2D eigenvalue weighted by Crippen LogP contribution is -1.92. The molecule has 0 saturated carbocycles. The second-order valence-electron chi connectivity index (χ2n) is 12.0. The number of pyridine rings is 1. The van der Waals surface area contributed by atoms with E-state index in [1.165, 1.54) is 0 Å². The molecule has 0 bridgehead atoms. The molecule has 0 amide bonds. The number of fused-ring (bicyclic) bond motifs is 9. The Bertz CT molecular complexity index is 2890. The van der Waals surface area contributed by atoms with Crippen molar-refractivity contribution in [1.82, 2.24) is 14.4 Å². The summed E-state index contributed by atoms with van der Waals surface area (Å²) in [5.41, 5.74) is 10.2. The standard InChI is InChI=1S/C43H24N4O/c1-44-28-24-22-26(23-25-28)37-29-14-5-7-16-31(29)38(32-17-8-6-15-30(32)37)35-20-11-21-36-41(35)48-43-46-40-34-19-10-9-18-33(34)39(45-42(40)47(36)43)27-12-3-2-4-13-27/h2-25H. The van der Waals surface area contributed by atoms with Crippen LogP contribution in [0.25, 0.3) is 98.8 Å². The number of nitrogens with zero attached hydrogens (tertiary/aromatic N) is 4. The highest BCUT2D eigenvalue weighted by Crippen LogP contribution is 2.46. The van der Waals surface area contributed by atoms with Gasteiger partial charge in [0.25, 0.3) is 0 Å². The van der Waals surface area contributed by atoms with Crippen LogP contribution in [0.15, 0.2) is 150 Å². The number of benzene rings is 7. The molecule has 0 atom stereocenters. The molecule has 0 fully saturated rings. The molecule has 5 heteroatoms. The molecule has 0 N–H and O–H groups in total. The zero-order chi connectivity index (χ0) is 31.8. The summed E-state index contributed by atoms with van der Waals surface area (Å²) in [6, 6.07) is 50.0. The summed E-state index contributed by atoms with van der Waals surface area (Å²) in [4.78, 5) is 13.9. The van der Waals surface area contributed by atoms with Crippen LogP contribution in [0.4, 0.5) is 5.69 Å². The van der Waals surface area contributed by atoms with Gasteiger partial charge in [0.15, 0.2) is 16.9 Å². The van der Waals surface area contributed by atoms with E-state index in [2.05, 4.69) is 112 Å². The van der Waals surface area contributed by atoms with Crippen molar-refractivity contribution < 1.29 is 4.42 Å². The number of rotatable bonds is 3. The van der Waals surface area contributed by atoms with Gasteiger partial charge in [0.05, 0.1) is 17.8 Å². The van der Waals surface area contributed by atoms with E-state index in [4.69, 9.17) is 21.0 Å². The maximum atomic E-state index is 7.43. The van der Waals surface area contributed by atoms with E-state index in [1.807, 2.05) is 42.5 Å². The van der Waals surface area contributed by atoms with Crippen molar-refractivity contribution >= 4 is 66.1 Å². The van der Waals surface area contributed by atoms with Gasteiger partial charge in [-0.25, -0.2) is 14.2 Å².